The van der Waals surface area contributed by atoms with Crippen molar-refractivity contribution in [3.63, 3.8) is 0 Å². The average Bonchev–Trinajstić information content (AvgIpc) is 2.31. The van der Waals surface area contributed by atoms with Crippen LogP contribution >= 0.6 is 11.8 Å². The van der Waals surface area contributed by atoms with Crippen LogP contribution in [-0.4, -0.2) is 26.0 Å². The molecule has 0 spiro atoms. The minimum atomic E-state index is -3.52. The molecule has 0 atom stereocenters. The SMILES string of the molecule is CSC(C)(C)CNS(=O)(=O)c1cc(N)cc(C)c1C. The summed E-state index contributed by atoms with van der Waals surface area (Å²) >= 11 is 1.62. The molecule has 0 radical (unpaired) electrons. The summed E-state index contributed by atoms with van der Waals surface area (Å²) in [6.07, 6.45) is 1.96. The van der Waals surface area contributed by atoms with E-state index in [1.54, 1.807) is 24.8 Å². The van der Waals surface area contributed by atoms with Gasteiger partial charge in [0.25, 0.3) is 0 Å². The van der Waals surface area contributed by atoms with Crippen molar-refractivity contribution in [1.82, 2.24) is 4.72 Å². The molecule has 0 aliphatic heterocycles. The largest absolute Gasteiger partial charge is 0.399 e. The van der Waals surface area contributed by atoms with E-state index in [2.05, 4.69) is 4.72 Å². The van der Waals surface area contributed by atoms with Crippen molar-refractivity contribution in [2.45, 2.75) is 37.3 Å². The van der Waals surface area contributed by atoms with E-state index in [-0.39, 0.29) is 9.64 Å². The lowest BCUT2D eigenvalue weighted by Gasteiger charge is -2.22. The zero-order valence-corrected chi connectivity index (χ0v) is 13.7. The van der Waals surface area contributed by atoms with Gasteiger partial charge in [0.05, 0.1) is 4.90 Å². The molecule has 0 heterocycles. The number of thioether (sulfide) groups is 1. The fraction of sp³-hybridized carbons (Fsp3) is 0.538. The molecule has 1 rings (SSSR count). The smallest absolute Gasteiger partial charge is 0.240 e. The Kier molecular flexibility index (Phi) is 4.92. The van der Waals surface area contributed by atoms with E-state index >= 15 is 0 Å². The zero-order valence-electron chi connectivity index (χ0n) is 12.1. The number of hydrogen-bond acceptors (Lipinski definition) is 4. The number of hydrogen-bond donors (Lipinski definition) is 2. The third kappa shape index (κ3) is 4.12. The van der Waals surface area contributed by atoms with E-state index in [9.17, 15) is 8.42 Å². The predicted molar refractivity (Wildman–Crippen MR) is 83.1 cm³/mol. The summed E-state index contributed by atoms with van der Waals surface area (Å²) in [7, 11) is -3.52. The highest BCUT2D eigenvalue weighted by Gasteiger charge is 2.23. The van der Waals surface area contributed by atoms with Gasteiger partial charge in [-0.25, -0.2) is 13.1 Å². The maximum atomic E-state index is 12.3. The summed E-state index contributed by atoms with van der Waals surface area (Å²) < 4.78 is 27.2. The second kappa shape index (κ2) is 5.73. The molecule has 0 bridgehead atoms. The van der Waals surface area contributed by atoms with E-state index in [4.69, 9.17) is 5.73 Å². The Labute approximate surface area is 120 Å². The standard InChI is InChI=1S/C13H22N2O2S2/c1-9-6-11(14)7-12(10(9)2)19(16,17)15-8-13(3,4)18-5/h6-7,15H,8,14H2,1-5H3. The van der Waals surface area contributed by atoms with E-state index in [0.717, 1.165) is 11.1 Å². The third-order valence-electron chi connectivity index (χ3n) is 3.17. The number of sulfonamides is 1. The summed E-state index contributed by atoms with van der Waals surface area (Å²) in [5.74, 6) is 0. The topological polar surface area (TPSA) is 72.2 Å². The number of benzene rings is 1. The highest BCUT2D eigenvalue weighted by molar-refractivity contribution is 8.00. The van der Waals surface area contributed by atoms with Crippen LogP contribution in [0.3, 0.4) is 0 Å². The zero-order chi connectivity index (χ0) is 14.8. The van der Waals surface area contributed by atoms with Crippen LogP contribution in [0.15, 0.2) is 17.0 Å². The minimum absolute atomic E-state index is 0.143. The summed E-state index contributed by atoms with van der Waals surface area (Å²) in [4.78, 5) is 0.266. The van der Waals surface area contributed by atoms with Gasteiger partial charge >= 0.3 is 0 Å². The van der Waals surface area contributed by atoms with E-state index in [0.29, 0.717) is 12.2 Å². The summed E-state index contributed by atoms with van der Waals surface area (Å²) in [5.41, 5.74) is 7.82. The number of nitrogens with two attached hydrogens (primary N) is 1. The van der Waals surface area contributed by atoms with Crippen molar-refractivity contribution in [1.29, 1.82) is 0 Å². The molecule has 0 saturated carbocycles. The molecule has 0 saturated heterocycles. The maximum absolute atomic E-state index is 12.3. The van der Waals surface area contributed by atoms with E-state index < -0.39 is 10.0 Å². The fourth-order valence-corrected chi connectivity index (χ4v) is 3.42. The number of aryl methyl sites for hydroxylation is 1. The molecule has 0 fully saturated rings. The Balaban J connectivity index is 3.08. The lowest BCUT2D eigenvalue weighted by Crippen LogP contribution is -2.36. The van der Waals surface area contributed by atoms with Gasteiger partial charge in [0.2, 0.25) is 10.0 Å². The van der Waals surface area contributed by atoms with Gasteiger partial charge in [0.1, 0.15) is 0 Å². The van der Waals surface area contributed by atoms with Crippen molar-refractivity contribution in [2.24, 2.45) is 0 Å². The number of nitrogen functional groups attached to an aromatic ring is 1. The number of rotatable bonds is 5. The Morgan fingerprint density at radius 1 is 1.32 bits per heavy atom. The normalized spacial score (nSPS) is 12.7. The molecule has 3 N–H and O–H groups in total. The first kappa shape index (κ1) is 16.3. The van der Waals surface area contributed by atoms with Gasteiger partial charge in [0, 0.05) is 17.0 Å². The van der Waals surface area contributed by atoms with Gasteiger partial charge in [0.15, 0.2) is 0 Å². The average molecular weight is 302 g/mol. The minimum Gasteiger partial charge on any atom is -0.399 e. The number of nitrogens with one attached hydrogen (secondary N) is 1. The highest BCUT2D eigenvalue weighted by atomic mass is 32.2. The van der Waals surface area contributed by atoms with Crippen LogP contribution in [0.5, 0.6) is 0 Å². The molecule has 0 amide bonds. The first-order chi connectivity index (χ1) is 8.59. The van der Waals surface area contributed by atoms with Gasteiger partial charge < -0.3 is 5.73 Å². The Hall–Kier alpha value is -0.720. The van der Waals surface area contributed by atoms with Crippen LogP contribution in [0.25, 0.3) is 0 Å². The monoisotopic (exact) mass is 302 g/mol. The van der Waals surface area contributed by atoms with Gasteiger partial charge in [-0.05, 0) is 57.2 Å². The van der Waals surface area contributed by atoms with E-state index in [1.807, 2.05) is 27.0 Å². The quantitative estimate of drug-likeness (QED) is 0.819. The van der Waals surface area contributed by atoms with Crippen molar-refractivity contribution in [3.8, 4) is 0 Å². The molecular formula is C13H22N2O2S2. The first-order valence-electron chi connectivity index (χ1n) is 6.00. The third-order valence-corrected chi connectivity index (χ3v) is 5.95. The Morgan fingerprint density at radius 3 is 2.42 bits per heavy atom. The van der Waals surface area contributed by atoms with Crippen molar-refractivity contribution in [3.05, 3.63) is 23.3 Å². The van der Waals surface area contributed by atoms with Crippen LogP contribution in [0.2, 0.25) is 0 Å². The molecule has 0 aliphatic rings. The highest BCUT2D eigenvalue weighted by Crippen LogP contribution is 2.24. The molecule has 1 aromatic rings. The van der Waals surface area contributed by atoms with Crippen molar-refractivity contribution < 1.29 is 8.42 Å². The summed E-state index contributed by atoms with van der Waals surface area (Å²) in [6.45, 7) is 8.03. The number of anilines is 1. The molecule has 0 unspecified atom stereocenters. The van der Waals surface area contributed by atoms with E-state index in [1.165, 1.54) is 6.07 Å². The molecule has 108 valence electrons. The van der Waals surface area contributed by atoms with Crippen LogP contribution < -0.4 is 10.5 Å². The molecule has 0 aromatic heterocycles. The van der Waals surface area contributed by atoms with Gasteiger partial charge in [-0.2, -0.15) is 11.8 Å². The fourth-order valence-electron chi connectivity index (χ4n) is 1.55. The summed E-state index contributed by atoms with van der Waals surface area (Å²) in [6, 6.07) is 3.29. The van der Waals surface area contributed by atoms with Gasteiger partial charge in [-0.15, -0.1) is 0 Å². The Morgan fingerprint density at radius 2 is 1.89 bits per heavy atom. The van der Waals surface area contributed by atoms with Crippen LogP contribution in [0, 0.1) is 13.8 Å². The molecule has 6 heteroatoms. The predicted octanol–water partition coefficient (Wildman–Crippen LogP) is 2.31. The van der Waals surface area contributed by atoms with Crippen LogP contribution in [0.1, 0.15) is 25.0 Å². The van der Waals surface area contributed by atoms with Crippen molar-refractivity contribution >= 4 is 27.5 Å². The Bertz CT molecular complexity index is 566. The lowest BCUT2D eigenvalue weighted by atomic mass is 10.1. The molecule has 4 nitrogen and oxygen atoms in total. The first-order valence-corrected chi connectivity index (χ1v) is 8.71. The van der Waals surface area contributed by atoms with Crippen molar-refractivity contribution in [2.75, 3.05) is 18.5 Å². The summed E-state index contributed by atoms with van der Waals surface area (Å²) in [5, 5.41) is 0. The molecular weight excluding hydrogens is 280 g/mol. The second-order valence-electron chi connectivity index (χ2n) is 5.25. The van der Waals surface area contributed by atoms with Gasteiger partial charge in [-0.1, -0.05) is 0 Å². The van der Waals surface area contributed by atoms with Crippen LogP contribution in [-0.2, 0) is 10.0 Å². The van der Waals surface area contributed by atoms with Crippen LogP contribution in [0.4, 0.5) is 5.69 Å². The molecule has 0 aliphatic carbocycles. The van der Waals surface area contributed by atoms with Gasteiger partial charge in [-0.3, -0.25) is 0 Å². The second-order valence-corrected chi connectivity index (χ2v) is 8.50. The lowest BCUT2D eigenvalue weighted by molar-refractivity contribution is 0.570. The molecule has 1 aromatic carbocycles. The maximum Gasteiger partial charge on any atom is 0.240 e. The molecule has 19 heavy (non-hydrogen) atoms.